The van der Waals surface area contributed by atoms with Crippen molar-refractivity contribution >= 4 is 22.6 Å². The molecule has 0 saturated carbocycles. The summed E-state index contributed by atoms with van der Waals surface area (Å²) in [6.07, 6.45) is 1.96. The predicted molar refractivity (Wildman–Crippen MR) is 78.1 cm³/mol. The highest BCUT2D eigenvalue weighted by atomic mass is 16.7. The van der Waals surface area contributed by atoms with Crippen LogP contribution in [0.15, 0.2) is 29.6 Å². The summed E-state index contributed by atoms with van der Waals surface area (Å²) in [4.78, 5) is 15.5. The fourth-order valence-electron chi connectivity index (χ4n) is 2.10. The maximum atomic E-state index is 10.8. The van der Waals surface area contributed by atoms with Crippen molar-refractivity contribution in [3.63, 3.8) is 0 Å². The number of rotatable bonds is 4. The molecule has 5 heteroatoms. The van der Waals surface area contributed by atoms with Crippen LogP contribution in [0.25, 0.3) is 10.9 Å². The molecule has 106 valence electrons. The van der Waals surface area contributed by atoms with Crippen LogP contribution in [-0.4, -0.2) is 22.9 Å². The third-order valence-corrected chi connectivity index (χ3v) is 2.97. The Balaban J connectivity index is 2.49. The number of oxime groups is 1. The van der Waals surface area contributed by atoms with E-state index in [1.54, 1.807) is 0 Å². The van der Waals surface area contributed by atoms with Crippen molar-refractivity contribution in [2.45, 2.75) is 20.8 Å². The number of carbonyl (C=O) groups excluding carboxylic acids is 1. The van der Waals surface area contributed by atoms with Crippen molar-refractivity contribution < 1.29 is 14.4 Å². The van der Waals surface area contributed by atoms with Crippen molar-refractivity contribution in [3.05, 3.63) is 30.0 Å². The summed E-state index contributed by atoms with van der Waals surface area (Å²) in [7, 11) is 1.96. The van der Waals surface area contributed by atoms with Crippen molar-refractivity contribution in [2.75, 3.05) is 6.61 Å². The van der Waals surface area contributed by atoms with Crippen LogP contribution in [0.5, 0.6) is 5.75 Å². The van der Waals surface area contributed by atoms with Crippen LogP contribution in [-0.2, 0) is 16.7 Å². The third-order valence-electron chi connectivity index (χ3n) is 2.97. The highest BCUT2D eigenvalue weighted by Crippen LogP contribution is 2.26. The Bertz CT molecular complexity index is 671. The molecule has 0 atom stereocenters. The summed E-state index contributed by atoms with van der Waals surface area (Å²) >= 11 is 0. The number of nitrogens with zero attached hydrogens (tertiary/aromatic N) is 2. The monoisotopic (exact) mass is 274 g/mol. The smallest absolute Gasteiger partial charge is 0.331 e. The van der Waals surface area contributed by atoms with Gasteiger partial charge in [0, 0.05) is 36.6 Å². The SMILES string of the molecule is CCOc1ccc2c(c1)c(/C(C)=N/OC(C)=O)cn2C. The van der Waals surface area contributed by atoms with Gasteiger partial charge >= 0.3 is 5.97 Å². The van der Waals surface area contributed by atoms with Crippen LogP contribution in [0.2, 0.25) is 0 Å². The molecule has 0 spiro atoms. The summed E-state index contributed by atoms with van der Waals surface area (Å²) in [5, 5.41) is 4.87. The van der Waals surface area contributed by atoms with Crippen LogP contribution in [0.3, 0.4) is 0 Å². The van der Waals surface area contributed by atoms with E-state index in [4.69, 9.17) is 9.57 Å². The summed E-state index contributed by atoms with van der Waals surface area (Å²) in [5.41, 5.74) is 2.64. The molecular weight excluding hydrogens is 256 g/mol. The summed E-state index contributed by atoms with van der Waals surface area (Å²) in [5.74, 6) is 0.382. The maximum absolute atomic E-state index is 10.8. The Morgan fingerprint density at radius 2 is 2.10 bits per heavy atom. The molecule has 0 radical (unpaired) electrons. The van der Waals surface area contributed by atoms with Crippen LogP contribution >= 0.6 is 0 Å². The van der Waals surface area contributed by atoms with E-state index in [1.165, 1.54) is 6.92 Å². The molecule has 0 aliphatic heterocycles. The molecule has 0 amide bonds. The van der Waals surface area contributed by atoms with Gasteiger partial charge in [-0.3, -0.25) is 0 Å². The van der Waals surface area contributed by atoms with Gasteiger partial charge < -0.3 is 14.1 Å². The second kappa shape index (κ2) is 5.77. The van der Waals surface area contributed by atoms with Gasteiger partial charge in [0.25, 0.3) is 0 Å². The molecule has 0 aliphatic carbocycles. The van der Waals surface area contributed by atoms with Crippen molar-refractivity contribution in [1.29, 1.82) is 0 Å². The fraction of sp³-hybridized carbons (Fsp3) is 0.333. The lowest BCUT2D eigenvalue weighted by Crippen LogP contribution is -1.99. The first-order valence-electron chi connectivity index (χ1n) is 6.47. The normalized spacial score (nSPS) is 11.7. The average Bonchev–Trinajstić information content (AvgIpc) is 2.73. The Morgan fingerprint density at radius 1 is 1.35 bits per heavy atom. The number of hydrogen-bond donors (Lipinski definition) is 0. The maximum Gasteiger partial charge on any atom is 0.331 e. The minimum Gasteiger partial charge on any atom is -0.494 e. The largest absolute Gasteiger partial charge is 0.494 e. The van der Waals surface area contributed by atoms with E-state index >= 15 is 0 Å². The molecule has 0 fully saturated rings. The second-order valence-electron chi connectivity index (χ2n) is 4.53. The van der Waals surface area contributed by atoms with Gasteiger partial charge in [0.2, 0.25) is 0 Å². The van der Waals surface area contributed by atoms with Gasteiger partial charge in [0.15, 0.2) is 0 Å². The molecule has 0 unspecified atom stereocenters. The highest BCUT2D eigenvalue weighted by molar-refractivity contribution is 6.10. The van der Waals surface area contributed by atoms with Crippen LogP contribution < -0.4 is 4.74 Å². The number of benzene rings is 1. The molecule has 0 bridgehead atoms. The first kappa shape index (κ1) is 14.1. The lowest BCUT2D eigenvalue weighted by molar-refractivity contribution is -0.140. The Labute approximate surface area is 117 Å². The van der Waals surface area contributed by atoms with Crippen molar-refractivity contribution in [3.8, 4) is 5.75 Å². The first-order chi connectivity index (χ1) is 9.52. The number of aromatic nitrogens is 1. The Hall–Kier alpha value is -2.30. The van der Waals surface area contributed by atoms with E-state index in [9.17, 15) is 4.79 Å². The number of fused-ring (bicyclic) bond motifs is 1. The van der Waals surface area contributed by atoms with Gasteiger partial charge in [0.1, 0.15) is 5.75 Å². The Morgan fingerprint density at radius 3 is 2.75 bits per heavy atom. The average molecular weight is 274 g/mol. The lowest BCUT2D eigenvalue weighted by atomic mass is 10.1. The second-order valence-corrected chi connectivity index (χ2v) is 4.53. The zero-order valence-electron chi connectivity index (χ0n) is 12.1. The standard InChI is InChI=1S/C15H18N2O3/c1-5-19-12-6-7-15-13(8-12)14(9-17(15)4)10(2)16-20-11(3)18/h6-9H,5H2,1-4H3/b16-10+. The summed E-state index contributed by atoms with van der Waals surface area (Å²) in [6.45, 7) is 5.70. The van der Waals surface area contributed by atoms with Gasteiger partial charge in [0.05, 0.1) is 12.3 Å². The molecule has 2 aromatic rings. The van der Waals surface area contributed by atoms with Crippen LogP contribution in [0, 0.1) is 0 Å². The van der Waals surface area contributed by atoms with Gasteiger partial charge in [-0.25, -0.2) is 4.79 Å². The van der Waals surface area contributed by atoms with E-state index in [2.05, 4.69) is 5.16 Å². The van der Waals surface area contributed by atoms with E-state index < -0.39 is 5.97 Å². The molecule has 2 rings (SSSR count). The van der Waals surface area contributed by atoms with E-state index in [0.29, 0.717) is 12.3 Å². The van der Waals surface area contributed by atoms with E-state index in [0.717, 1.165) is 22.2 Å². The molecular formula is C15H18N2O3. The number of carbonyl (C=O) groups is 1. The molecule has 1 heterocycles. The number of ether oxygens (including phenoxy) is 1. The molecule has 5 nitrogen and oxygen atoms in total. The van der Waals surface area contributed by atoms with Gasteiger partial charge in [-0.05, 0) is 32.0 Å². The topological polar surface area (TPSA) is 52.8 Å². The Kier molecular flexibility index (Phi) is 4.08. The molecule has 1 aromatic carbocycles. The predicted octanol–water partition coefficient (Wildman–Crippen LogP) is 2.86. The fourth-order valence-corrected chi connectivity index (χ4v) is 2.10. The van der Waals surface area contributed by atoms with E-state index in [1.807, 2.05) is 49.9 Å². The molecule has 0 aliphatic rings. The van der Waals surface area contributed by atoms with Crippen LogP contribution in [0.4, 0.5) is 0 Å². The summed E-state index contributed by atoms with van der Waals surface area (Å²) in [6, 6.07) is 5.91. The van der Waals surface area contributed by atoms with Crippen molar-refractivity contribution in [2.24, 2.45) is 12.2 Å². The molecule has 20 heavy (non-hydrogen) atoms. The zero-order chi connectivity index (χ0) is 14.7. The highest BCUT2D eigenvalue weighted by Gasteiger charge is 2.11. The molecule has 0 saturated heterocycles. The van der Waals surface area contributed by atoms with Gasteiger partial charge in [-0.15, -0.1) is 0 Å². The summed E-state index contributed by atoms with van der Waals surface area (Å²) < 4.78 is 7.53. The van der Waals surface area contributed by atoms with Crippen molar-refractivity contribution in [1.82, 2.24) is 4.57 Å². The van der Waals surface area contributed by atoms with Gasteiger partial charge in [-0.2, -0.15) is 0 Å². The first-order valence-corrected chi connectivity index (χ1v) is 6.47. The molecule has 1 aromatic heterocycles. The van der Waals surface area contributed by atoms with E-state index in [-0.39, 0.29) is 0 Å². The zero-order valence-corrected chi connectivity index (χ0v) is 12.1. The number of aryl methyl sites for hydroxylation is 1. The number of hydrogen-bond acceptors (Lipinski definition) is 4. The van der Waals surface area contributed by atoms with Gasteiger partial charge in [-0.1, -0.05) is 5.16 Å². The molecule has 0 N–H and O–H groups in total. The lowest BCUT2D eigenvalue weighted by Gasteiger charge is -2.04. The van der Waals surface area contributed by atoms with Crippen LogP contribution in [0.1, 0.15) is 26.3 Å². The quantitative estimate of drug-likeness (QED) is 0.489. The minimum absolute atomic E-state index is 0.431. The third kappa shape index (κ3) is 2.82. The minimum atomic E-state index is -0.431.